The summed E-state index contributed by atoms with van der Waals surface area (Å²) in [6, 6.07) is 9.27. The zero-order chi connectivity index (χ0) is 16.1. The molecule has 0 aliphatic rings. The zero-order valence-corrected chi connectivity index (χ0v) is 13.8. The fourth-order valence-electron chi connectivity index (χ4n) is 2.23. The van der Waals surface area contributed by atoms with Gasteiger partial charge in [-0.25, -0.2) is 9.97 Å². The first-order chi connectivity index (χ1) is 11.2. The van der Waals surface area contributed by atoms with Crippen LogP contribution < -0.4 is 5.32 Å². The normalized spacial score (nSPS) is 13.4. The summed E-state index contributed by atoms with van der Waals surface area (Å²) in [7, 11) is 0. The molecule has 0 aliphatic carbocycles. The number of thiazole rings is 2. The van der Waals surface area contributed by atoms with Crippen LogP contribution in [0.4, 0.5) is 0 Å². The minimum atomic E-state index is -0.863. The summed E-state index contributed by atoms with van der Waals surface area (Å²) in [4.78, 5) is 20.4. The third-order valence-electron chi connectivity index (χ3n) is 3.37. The fourth-order valence-corrected chi connectivity index (χ4v) is 3.45. The van der Waals surface area contributed by atoms with E-state index in [0.717, 1.165) is 5.56 Å². The van der Waals surface area contributed by atoms with Crippen LogP contribution in [-0.2, 0) is 6.42 Å². The molecule has 0 spiro atoms. The maximum Gasteiger partial charge on any atom is 0.271 e. The largest absolute Gasteiger partial charge is 0.384 e. The quantitative estimate of drug-likeness (QED) is 0.720. The highest BCUT2D eigenvalue weighted by molar-refractivity contribution is 7.09. The summed E-state index contributed by atoms with van der Waals surface area (Å²) in [6.07, 6.45) is 1.29. The van der Waals surface area contributed by atoms with E-state index >= 15 is 0 Å². The molecular formula is C16H15N3O2S2. The molecule has 1 aromatic carbocycles. The maximum atomic E-state index is 12.3. The lowest BCUT2D eigenvalue weighted by Crippen LogP contribution is -2.41. The van der Waals surface area contributed by atoms with Gasteiger partial charge in [0.05, 0.1) is 11.6 Å². The van der Waals surface area contributed by atoms with Crippen LogP contribution in [-0.4, -0.2) is 27.0 Å². The second kappa shape index (κ2) is 7.45. The van der Waals surface area contributed by atoms with E-state index in [0.29, 0.717) is 17.1 Å². The second-order valence-corrected chi connectivity index (χ2v) is 6.60. The molecule has 0 bridgehead atoms. The number of carbonyl (C=O) groups excluding carboxylic acids is 1. The molecule has 3 rings (SSSR count). The highest BCUT2D eigenvalue weighted by Crippen LogP contribution is 2.22. The van der Waals surface area contributed by atoms with E-state index in [-0.39, 0.29) is 5.91 Å². The Hall–Kier alpha value is -2.09. The number of carbonyl (C=O) groups is 1. The van der Waals surface area contributed by atoms with Gasteiger partial charge in [-0.2, -0.15) is 0 Å². The smallest absolute Gasteiger partial charge is 0.271 e. The Morgan fingerprint density at radius 2 is 2.09 bits per heavy atom. The number of nitrogens with one attached hydrogen (secondary N) is 1. The first-order valence-corrected chi connectivity index (χ1v) is 8.86. The molecule has 0 fully saturated rings. The van der Waals surface area contributed by atoms with Gasteiger partial charge in [-0.05, 0) is 12.0 Å². The third-order valence-corrected chi connectivity index (χ3v) is 4.80. The summed E-state index contributed by atoms with van der Waals surface area (Å²) >= 11 is 2.73. The SMILES string of the molecule is O=C(NC(Cc1ccccc1)C(O)c1nccs1)c1cscn1. The number of nitrogens with zero attached hydrogens (tertiary/aromatic N) is 2. The first-order valence-electron chi connectivity index (χ1n) is 7.04. The van der Waals surface area contributed by atoms with Gasteiger partial charge in [0.15, 0.2) is 0 Å². The number of amides is 1. The highest BCUT2D eigenvalue weighted by atomic mass is 32.1. The summed E-state index contributed by atoms with van der Waals surface area (Å²) in [5, 5.41) is 17.5. The van der Waals surface area contributed by atoms with Gasteiger partial charge in [-0.1, -0.05) is 30.3 Å². The third kappa shape index (κ3) is 4.01. The lowest BCUT2D eigenvalue weighted by Gasteiger charge is -2.22. The van der Waals surface area contributed by atoms with Crippen LogP contribution in [0, 0.1) is 0 Å². The predicted molar refractivity (Wildman–Crippen MR) is 90.6 cm³/mol. The number of benzene rings is 1. The number of aromatic nitrogens is 2. The van der Waals surface area contributed by atoms with Crippen molar-refractivity contribution in [3.63, 3.8) is 0 Å². The summed E-state index contributed by atoms with van der Waals surface area (Å²) in [5.74, 6) is -0.289. The topological polar surface area (TPSA) is 75.1 Å². The van der Waals surface area contributed by atoms with Crippen molar-refractivity contribution in [3.05, 3.63) is 69.1 Å². The number of rotatable bonds is 6. The van der Waals surface area contributed by atoms with Gasteiger partial charge in [0.1, 0.15) is 16.8 Å². The molecule has 2 aromatic heterocycles. The standard InChI is InChI=1S/C16H15N3O2S2/c20-14(16-17-6-7-23-16)12(8-11-4-2-1-3-5-11)19-15(21)13-9-22-10-18-13/h1-7,9-10,12,14,20H,8H2,(H,19,21). The molecule has 0 saturated heterocycles. The van der Waals surface area contributed by atoms with Gasteiger partial charge >= 0.3 is 0 Å². The first kappa shape index (κ1) is 15.8. The monoisotopic (exact) mass is 345 g/mol. The van der Waals surface area contributed by atoms with Crippen molar-refractivity contribution in [1.29, 1.82) is 0 Å². The van der Waals surface area contributed by atoms with Crippen molar-refractivity contribution in [2.75, 3.05) is 0 Å². The van der Waals surface area contributed by atoms with Crippen molar-refractivity contribution in [2.45, 2.75) is 18.6 Å². The van der Waals surface area contributed by atoms with E-state index in [1.807, 2.05) is 30.3 Å². The molecule has 2 atom stereocenters. The average Bonchev–Trinajstić information content (AvgIpc) is 3.27. The molecular weight excluding hydrogens is 330 g/mol. The van der Waals surface area contributed by atoms with Gasteiger partial charge in [-0.3, -0.25) is 4.79 Å². The minimum Gasteiger partial charge on any atom is -0.384 e. The molecule has 118 valence electrons. The van der Waals surface area contributed by atoms with E-state index < -0.39 is 12.1 Å². The van der Waals surface area contributed by atoms with E-state index in [2.05, 4.69) is 15.3 Å². The molecule has 7 heteroatoms. The van der Waals surface area contributed by atoms with E-state index in [9.17, 15) is 9.90 Å². The average molecular weight is 345 g/mol. The van der Waals surface area contributed by atoms with Crippen molar-refractivity contribution >= 4 is 28.6 Å². The van der Waals surface area contributed by atoms with Gasteiger partial charge in [0, 0.05) is 17.0 Å². The van der Waals surface area contributed by atoms with Crippen molar-refractivity contribution in [2.24, 2.45) is 0 Å². The number of hydrogen-bond donors (Lipinski definition) is 2. The lowest BCUT2D eigenvalue weighted by molar-refractivity contribution is 0.0828. The number of aliphatic hydroxyl groups is 1. The Balaban J connectivity index is 1.79. The highest BCUT2D eigenvalue weighted by Gasteiger charge is 2.26. The van der Waals surface area contributed by atoms with Crippen molar-refractivity contribution in [3.8, 4) is 0 Å². The van der Waals surface area contributed by atoms with Crippen molar-refractivity contribution in [1.82, 2.24) is 15.3 Å². The van der Waals surface area contributed by atoms with Gasteiger partial charge in [-0.15, -0.1) is 22.7 Å². The van der Waals surface area contributed by atoms with Crippen LogP contribution in [0.2, 0.25) is 0 Å². The van der Waals surface area contributed by atoms with Crippen LogP contribution in [0.5, 0.6) is 0 Å². The minimum absolute atomic E-state index is 0.289. The molecule has 5 nitrogen and oxygen atoms in total. The van der Waals surface area contributed by atoms with Crippen LogP contribution in [0.3, 0.4) is 0 Å². The Kier molecular flexibility index (Phi) is 5.12. The Bertz CT molecular complexity index is 730. The Labute approximate surface area is 141 Å². The predicted octanol–water partition coefficient (Wildman–Crippen LogP) is 2.67. The Morgan fingerprint density at radius 1 is 1.26 bits per heavy atom. The van der Waals surface area contributed by atoms with Gasteiger partial charge in [0.25, 0.3) is 5.91 Å². The fraction of sp³-hybridized carbons (Fsp3) is 0.188. The molecule has 2 heterocycles. The Morgan fingerprint density at radius 3 is 2.74 bits per heavy atom. The van der Waals surface area contributed by atoms with Gasteiger partial charge < -0.3 is 10.4 Å². The van der Waals surface area contributed by atoms with Crippen LogP contribution in [0.25, 0.3) is 0 Å². The van der Waals surface area contributed by atoms with E-state index in [1.54, 1.807) is 22.5 Å². The molecule has 2 unspecified atom stereocenters. The summed E-state index contributed by atoms with van der Waals surface area (Å²) in [6.45, 7) is 0. The van der Waals surface area contributed by atoms with Gasteiger partial charge in [0.2, 0.25) is 0 Å². The van der Waals surface area contributed by atoms with E-state index in [4.69, 9.17) is 0 Å². The molecule has 2 N–H and O–H groups in total. The number of aliphatic hydroxyl groups excluding tert-OH is 1. The summed E-state index contributed by atoms with van der Waals surface area (Å²) < 4.78 is 0. The van der Waals surface area contributed by atoms with Crippen LogP contribution in [0.1, 0.15) is 27.2 Å². The molecule has 3 aromatic rings. The van der Waals surface area contributed by atoms with Crippen molar-refractivity contribution < 1.29 is 9.90 Å². The van der Waals surface area contributed by atoms with E-state index in [1.165, 1.54) is 22.7 Å². The molecule has 1 amide bonds. The van der Waals surface area contributed by atoms with Crippen LogP contribution in [0.15, 0.2) is 52.8 Å². The van der Waals surface area contributed by atoms with Crippen LogP contribution >= 0.6 is 22.7 Å². The number of hydrogen-bond acceptors (Lipinski definition) is 6. The second-order valence-electron chi connectivity index (χ2n) is 4.96. The maximum absolute atomic E-state index is 12.3. The summed E-state index contributed by atoms with van der Waals surface area (Å²) in [5.41, 5.74) is 3.00. The lowest BCUT2D eigenvalue weighted by atomic mass is 10.0. The molecule has 0 radical (unpaired) electrons. The zero-order valence-electron chi connectivity index (χ0n) is 12.1. The molecule has 0 aliphatic heterocycles. The molecule has 0 saturated carbocycles. The molecule has 23 heavy (non-hydrogen) atoms.